The van der Waals surface area contributed by atoms with Gasteiger partial charge in [0.25, 0.3) is 5.91 Å². The van der Waals surface area contributed by atoms with Gasteiger partial charge in [0.15, 0.2) is 0 Å². The molecule has 1 aliphatic rings. The number of hydrogen-bond donors (Lipinski definition) is 2. The summed E-state index contributed by atoms with van der Waals surface area (Å²) in [6, 6.07) is 13.2. The first-order valence-corrected chi connectivity index (χ1v) is 9.26. The van der Waals surface area contributed by atoms with Crippen LogP contribution in [0.25, 0.3) is 0 Å². The normalized spacial score (nSPS) is 21.8. The van der Waals surface area contributed by atoms with Crippen molar-refractivity contribution in [2.45, 2.75) is 58.7 Å². The van der Waals surface area contributed by atoms with E-state index in [1.807, 2.05) is 19.1 Å². The number of carbonyl (C=O) groups is 1. The van der Waals surface area contributed by atoms with Gasteiger partial charge in [-0.25, -0.2) is 0 Å². The second kappa shape index (κ2) is 7.44. The number of nitrogens with one attached hydrogen (secondary N) is 2. The Balaban J connectivity index is 1.83. The fraction of sp³-hybridized carbons (Fsp3) is 0.476. The minimum Gasteiger partial charge on any atom is -0.348 e. The van der Waals surface area contributed by atoms with E-state index in [1.54, 1.807) is 0 Å². The van der Waals surface area contributed by atoms with Gasteiger partial charge < -0.3 is 15.2 Å². The van der Waals surface area contributed by atoms with Crippen LogP contribution < -0.4 is 10.6 Å². The third kappa shape index (κ3) is 3.64. The molecule has 25 heavy (non-hydrogen) atoms. The highest BCUT2D eigenvalue weighted by Gasteiger charge is 2.25. The number of piperidine rings is 1. The summed E-state index contributed by atoms with van der Waals surface area (Å²) in [5, 5.41) is 6.67. The van der Waals surface area contributed by atoms with Gasteiger partial charge in [-0.15, -0.1) is 0 Å². The summed E-state index contributed by atoms with van der Waals surface area (Å²) in [5.74, 6) is 0.0418. The van der Waals surface area contributed by atoms with E-state index < -0.39 is 0 Å². The third-order valence-corrected chi connectivity index (χ3v) is 5.48. The van der Waals surface area contributed by atoms with Gasteiger partial charge >= 0.3 is 0 Å². The molecular formula is C21H29N3O. The smallest absolute Gasteiger partial charge is 0.253 e. The summed E-state index contributed by atoms with van der Waals surface area (Å²) in [5.41, 5.74) is 4.19. The van der Waals surface area contributed by atoms with Crippen molar-refractivity contribution in [3.8, 4) is 0 Å². The van der Waals surface area contributed by atoms with E-state index in [0.717, 1.165) is 36.3 Å². The van der Waals surface area contributed by atoms with Crippen molar-refractivity contribution in [3.63, 3.8) is 0 Å². The highest BCUT2D eigenvalue weighted by molar-refractivity contribution is 5.96. The van der Waals surface area contributed by atoms with Gasteiger partial charge in [-0.05, 0) is 58.7 Å². The average molecular weight is 339 g/mol. The first-order chi connectivity index (χ1) is 12.0. The van der Waals surface area contributed by atoms with Gasteiger partial charge in [0.2, 0.25) is 0 Å². The quantitative estimate of drug-likeness (QED) is 0.894. The largest absolute Gasteiger partial charge is 0.348 e. The number of benzene rings is 1. The number of aromatic nitrogens is 1. The maximum atomic E-state index is 12.9. The summed E-state index contributed by atoms with van der Waals surface area (Å²) in [7, 11) is 0. The summed E-state index contributed by atoms with van der Waals surface area (Å²) >= 11 is 0. The molecule has 3 unspecified atom stereocenters. The maximum absolute atomic E-state index is 12.9. The molecule has 2 heterocycles. The van der Waals surface area contributed by atoms with Crippen molar-refractivity contribution in [1.82, 2.24) is 15.2 Å². The van der Waals surface area contributed by atoms with Crippen LogP contribution in [-0.4, -0.2) is 29.1 Å². The van der Waals surface area contributed by atoms with Crippen LogP contribution in [0.3, 0.4) is 0 Å². The van der Waals surface area contributed by atoms with Crippen LogP contribution in [0.5, 0.6) is 0 Å². The van der Waals surface area contributed by atoms with E-state index in [1.165, 1.54) is 5.56 Å². The second-order valence-electron chi connectivity index (χ2n) is 7.21. The van der Waals surface area contributed by atoms with Crippen LogP contribution in [0.15, 0.2) is 36.4 Å². The molecule has 0 bridgehead atoms. The second-order valence-corrected chi connectivity index (χ2v) is 7.21. The molecule has 0 radical (unpaired) electrons. The summed E-state index contributed by atoms with van der Waals surface area (Å²) in [6.07, 6.45) is 2.15. The molecule has 1 amide bonds. The number of hydrogen-bond acceptors (Lipinski definition) is 2. The molecule has 0 saturated carbocycles. The van der Waals surface area contributed by atoms with Gasteiger partial charge in [-0.3, -0.25) is 4.79 Å². The monoisotopic (exact) mass is 339 g/mol. The van der Waals surface area contributed by atoms with Crippen LogP contribution in [-0.2, 0) is 0 Å². The number of nitrogens with zero attached hydrogens (tertiary/aromatic N) is 1. The number of aryl methyl sites for hydroxylation is 1. The van der Waals surface area contributed by atoms with Crippen molar-refractivity contribution in [3.05, 3.63) is 58.9 Å². The lowest BCUT2D eigenvalue weighted by Gasteiger charge is -2.30. The molecule has 0 spiro atoms. The zero-order valence-corrected chi connectivity index (χ0v) is 15.7. The first kappa shape index (κ1) is 17.7. The third-order valence-electron chi connectivity index (χ3n) is 5.48. The number of amides is 1. The van der Waals surface area contributed by atoms with E-state index >= 15 is 0 Å². The Morgan fingerprint density at radius 2 is 2.00 bits per heavy atom. The highest BCUT2D eigenvalue weighted by Crippen LogP contribution is 2.25. The van der Waals surface area contributed by atoms with Gasteiger partial charge in [0.05, 0.1) is 11.6 Å². The zero-order chi connectivity index (χ0) is 18.0. The Kier molecular flexibility index (Phi) is 5.28. The average Bonchev–Trinajstić information content (AvgIpc) is 2.91. The molecule has 2 aromatic rings. The minimum absolute atomic E-state index is 0.0418. The van der Waals surface area contributed by atoms with E-state index in [2.05, 4.69) is 60.2 Å². The van der Waals surface area contributed by atoms with Crippen molar-refractivity contribution in [2.75, 3.05) is 6.54 Å². The molecule has 1 saturated heterocycles. The van der Waals surface area contributed by atoms with E-state index in [4.69, 9.17) is 0 Å². The lowest BCUT2D eigenvalue weighted by atomic mass is 9.99. The van der Waals surface area contributed by atoms with E-state index in [9.17, 15) is 4.79 Å². The Labute approximate surface area is 150 Å². The number of carbonyl (C=O) groups excluding carboxylic acids is 1. The van der Waals surface area contributed by atoms with Crippen LogP contribution in [0.1, 0.15) is 60.0 Å². The lowest BCUT2D eigenvalue weighted by molar-refractivity contribution is 0.0919. The molecule has 1 aromatic carbocycles. The lowest BCUT2D eigenvalue weighted by Crippen LogP contribution is -2.51. The maximum Gasteiger partial charge on any atom is 0.253 e. The molecule has 3 atom stereocenters. The Bertz CT molecular complexity index is 735. The molecular weight excluding hydrogens is 310 g/mol. The molecule has 1 aromatic heterocycles. The van der Waals surface area contributed by atoms with Crippen molar-refractivity contribution in [1.29, 1.82) is 0 Å². The SMILES string of the molecule is Cc1cc(C(=O)NC2CCCNC2C)c(C)n1C(C)c1ccccc1. The van der Waals surface area contributed by atoms with Crippen LogP contribution in [0, 0.1) is 13.8 Å². The summed E-state index contributed by atoms with van der Waals surface area (Å²) < 4.78 is 2.26. The molecule has 3 rings (SSSR count). The Hall–Kier alpha value is -2.07. The standard InChI is InChI=1S/C21H29N3O/c1-14-13-19(21(25)23-20-11-8-12-22-15(20)2)17(4)24(14)16(3)18-9-6-5-7-10-18/h5-7,9-10,13,15-16,20,22H,8,11-12H2,1-4H3,(H,23,25). The van der Waals surface area contributed by atoms with Gasteiger partial charge in [-0.2, -0.15) is 0 Å². The minimum atomic E-state index is 0.0418. The van der Waals surface area contributed by atoms with Gasteiger partial charge in [0, 0.05) is 23.5 Å². The number of rotatable bonds is 4. The van der Waals surface area contributed by atoms with Crippen molar-refractivity contribution >= 4 is 5.91 Å². The molecule has 2 N–H and O–H groups in total. The zero-order valence-electron chi connectivity index (χ0n) is 15.7. The van der Waals surface area contributed by atoms with Crippen molar-refractivity contribution in [2.24, 2.45) is 0 Å². The molecule has 1 aliphatic heterocycles. The Morgan fingerprint density at radius 3 is 2.68 bits per heavy atom. The summed E-state index contributed by atoms with van der Waals surface area (Å²) in [4.78, 5) is 12.9. The van der Waals surface area contributed by atoms with Crippen LogP contribution in [0.2, 0.25) is 0 Å². The Morgan fingerprint density at radius 1 is 1.28 bits per heavy atom. The molecule has 4 heteroatoms. The van der Waals surface area contributed by atoms with Crippen LogP contribution in [0.4, 0.5) is 0 Å². The topological polar surface area (TPSA) is 46.1 Å². The molecule has 0 aliphatic carbocycles. The van der Waals surface area contributed by atoms with Gasteiger partial charge in [-0.1, -0.05) is 30.3 Å². The van der Waals surface area contributed by atoms with Crippen molar-refractivity contribution < 1.29 is 4.79 Å². The highest BCUT2D eigenvalue weighted by atomic mass is 16.1. The fourth-order valence-electron chi connectivity index (χ4n) is 3.97. The van der Waals surface area contributed by atoms with Gasteiger partial charge in [0.1, 0.15) is 0 Å². The predicted octanol–water partition coefficient (Wildman–Crippen LogP) is 3.58. The predicted molar refractivity (Wildman–Crippen MR) is 102 cm³/mol. The molecule has 4 nitrogen and oxygen atoms in total. The van der Waals surface area contributed by atoms with E-state index in [0.29, 0.717) is 6.04 Å². The fourth-order valence-corrected chi connectivity index (χ4v) is 3.97. The van der Waals surface area contributed by atoms with E-state index in [-0.39, 0.29) is 18.0 Å². The van der Waals surface area contributed by atoms with Crippen LogP contribution >= 0.6 is 0 Å². The first-order valence-electron chi connectivity index (χ1n) is 9.26. The molecule has 1 fully saturated rings. The summed E-state index contributed by atoms with van der Waals surface area (Å²) in [6.45, 7) is 9.49. The molecule has 134 valence electrons.